The number of halogens is 3. The van der Waals surface area contributed by atoms with Crippen LogP contribution in [0.2, 0.25) is 0 Å². The third kappa shape index (κ3) is 5.75. The van der Waals surface area contributed by atoms with Gasteiger partial charge in [0.25, 0.3) is 0 Å². The van der Waals surface area contributed by atoms with Crippen molar-refractivity contribution in [2.45, 2.75) is 25.4 Å². The Morgan fingerprint density at radius 1 is 1.40 bits per heavy atom. The number of amides is 1. The molecule has 0 aromatic heterocycles. The first-order valence-electron chi connectivity index (χ1n) is 5.80. The Morgan fingerprint density at radius 2 is 2.00 bits per heavy atom. The summed E-state index contributed by atoms with van der Waals surface area (Å²) < 4.78 is 39.6. The molecule has 1 atom stereocenters. The second-order valence-electron chi connectivity index (χ2n) is 4.04. The molecule has 110 valence electrons. The highest BCUT2D eigenvalue weighted by Gasteiger charge is 2.30. The molecule has 0 aliphatic rings. The van der Waals surface area contributed by atoms with Crippen molar-refractivity contribution in [3.05, 3.63) is 42.5 Å². The van der Waals surface area contributed by atoms with E-state index in [4.69, 9.17) is 5.73 Å². The molecule has 0 heterocycles. The fourth-order valence-corrected chi connectivity index (χ4v) is 1.42. The second kappa shape index (κ2) is 6.95. The summed E-state index contributed by atoms with van der Waals surface area (Å²) in [5, 5.41) is 2.58. The number of carbonyl (C=O) groups is 1. The summed E-state index contributed by atoms with van der Waals surface area (Å²) in [4.78, 5) is 11.5. The fourth-order valence-electron chi connectivity index (χ4n) is 1.42. The van der Waals surface area contributed by atoms with Crippen molar-refractivity contribution >= 4 is 5.91 Å². The van der Waals surface area contributed by atoms with Crippen molar-refractivity contribution in [1.29, 1.82) is 0 Å². The topological polar surface area (TPSA) is 64.4 Å². The van der Waals surface area contributed by atoms with Crippen LogP contribution in [0.25, 0.3) is 0 Å². The van der Waals surface area contributed by atoms with Gasteiger partial charge < -0.3 is 15.8 Å². The molecule has 1 aromatic carbocycles. The smallest absolute Gasteiger partial charge is 0.406 e. The van der Waals surface area contributed by atoms with Gasteiger partial charge in [-0.2, -0.15) is 0 Å². The van der Waals surface area contributed by atoms with Crippen LogP contribution in [0.15, 0.2) is 36.9 Å². The summed E-state index contributed by atoms with van der Waals surface area (Å²) in [6.07, 6.45) is -2.83. The van der Waals surface area contributed by atoms with E-state index in [2.05, 4.69) is 16.6 Å². The summed E-state index contributed by atoms with van der Waals surface area (Å²) in [6.45, 7) is 3.65. The number of rotatable bonds is 6. The molecule has 0 saturated carbocycles. The number of carbonyl (C=O) groups excluding carboxylic acids is 1. The first-order valence-corrected chi connectivity index (χ1v) is 5.80. The van der Waals surface area contributed by atoms with E-state index in [1.54, 1.807) is 0 Å². The monoisotopic (exact) mass is 288 g/mol. The first kappa shape index (κ1) is 16.0. The van der Waals surface area contributed by atoms with Crippen LogP contribution >= 0.6 is 0 Å². The summed E-state index contributed by atoms with van der Waals surface area (Å²) in [5.41, 5.74) is 6.19. The molecule has 1 unspecified atom stereocenters. The van der Waals surface area contributed by atoms with E-state index in [9.17, 15) is 18.0 Å². The summed E-state index contributed by atoms with van der Waals surface area (Å²) >= 11 is 0. The predicted octanol–water partition coefficient (Wildman–Crippen LogP) is 2.10. The first-order chi connectivity index (χ1) is 9.31. The van der Waals surface area contributed by atoms with Gasteiger partial charge in [0.15, 0.2) is 0 Å². The lowest BCUT2D eigenvalue weighted by Crippen LogP contribution is -2.39. The second-order valence-corrected chi connectivity index (χ2v) is 4.04. The lowest BCUT2D eigenvalue weighted by atomic mass is 10.2. The van der Waals surface area contributed by atoms with Crippen molar-refractivity contribution in [1.82, 2.24) is 5.32 Å². The molecule has 0 aliphatic heterocycles. The molecule has 1 aromatic rings. The Morgan fingerprint density at radius 3 is 2.50 bits per heavy atom. The Labute approximate surface area is 114 Å². The average Bonchev–Trinajstić information content (AvgIpc) is 2.36. The van der Waals surface area contributed by atoms with E-state index in [1.165, 1.54) is 30.3 Å². The molecule has 7 heteroatoms. The molecule has 0 radical (unpaired) electrons. The molecule has 20 heavy (non-hydrogen) atoms. The number of nitrogens with two attached hydrogens (primary N) is 1. The van der Waals surface area contributed by atoms with Gasteiger partial charge in [-0.05, 0) is 24.1 Å². The minimum Gasteiger partial charge on any atom is -0.406 e. The SMILES string of the molecule is C=CCC(N)C(=O)NCc1ccc(OC(F)(F)F)cc1. The van der Waals surface area contributed by atoms with Gasteiger partial charge in [-0.15, -0.1) is 19.8 Å². The fraction of sp³-hybridized carbons (Fsp3) is 0.308. The Hall–Kier alpha value is -2.02. The maximum absolute atomic E-state index is 12.0. The zero-order chi connectivity index (χ0) is 15.2. The molecular weight excluding hydrogens is 273 g/mol. The van der Waals surface area contributed by atoms with Crippen LogP contribution in [-0.2, 0) is 11.3 Å². The predicted molar refractivity (Wildman–Crippen MR) is 67.8 cm³/mol. The highest BCUT2D eigenvalue weighted by molar-refractivity contribution is 5.81. The highest BCUT2D eigenvalue weighted by atomic mass is 19.4. The van der Waals surface area contributed by atoms with Crippen LogP contribution in [0, 0.1) is 0 Å². The number of hydrogen-bond donors (Lipinski definition) is 2. The van der Waals surface area contributed by atoms with Gasteiger partial charge in [0.05, 0.1) is 6.04 Å². The van der Waals surface area contributed by atoms with E-state index >= 15 is 0 Å². The minimum atomic E-state index is -4.72. The Bertz CT molecular complexity index is 458. The molecule has 3 N–H and O–H groups in total. The van der Waals surface area contributed by atoms with Crippen LogP contribution in [0.5, 0.6) is 5.75 Å². The third-order valence-electron chi connectivity index (χ3n) is 2.38. The largest absolute Gasteiger partial charge is 0.573 e. The van der Waals surface area contributed by atoms with Gasteiger partial charge in [-0.1, -0.05) is 18.2 Å². The number of benzene rings is 1. The van der Waals surface area contributed by atoms with Crippen LogP contribution < -0.4 is 15.8 Å². The lowest BCUT2D eigenvalue weighted by molar-refractivity contribution is -0.274. The zero-order valence-corrected chi connectivity index (χ0v) is 10.6. The van der Waals surface area contributed by atoms with Crippen LogP contribution in [0.4, 0.5) is 13.2 Å². The van der Waals surface area contributed by atoms with Crippen molar-refractivity contribution in [3.8, 4) is 5.75 Å². The average molecular weight is 288 g/mol. The quantitative estimate of drug-likeness (QED) is 0.788. The number of alkyl halides is 3. The molecule has 4 nitrogen and oxygen atoms in total. The van der Waals surface area contributed by atoms with Gasteiger partial charge in [-0.25, -0.2) is 0 Å². The zero-order valence-electron chi connectivity index (χ0n) is 10.6. The van der Waals surface area contributed by atoms with E-state index in [0.29, 0.717) is 12.0 Å². The summed E-state index contributed by atoms with van der Waals surface area (Å²) in [6, 6.07) is 4.54. The molecule has 0 saturated heterocycles. The van der Waals surface area contributed by atoms with Crippen LogP contribution in [-0.4, -0.2) is 18.3 Å². The van der Waals surface area contributed by atoms with Crippen LogP contribution in [0.3, 0.4) is 0 Å². The third-order valence-corrected chi connectivity index (χ3v) is 2.38. The standard InChI is InChI=1S/C13H15F3N2O2/c1-2-3-11(17)12(19)18-8-9-4-6-10(7-5-9)20-13(14,15)16/h2,4-7,11H,1,3,8,17H2,(H,18,19). The van der Waals surface area contributed by atoms with Crippen molar-refractivity contribution in [2.24, 2.45) is 5.73 Å². The van der Waals surface area contributed by atoms with Gasteiger partial charge in [0.1, 0.15) is 5.75 Å². The lowest BCUT2D eigenvalue weighted by Gasteiger charge is -2.11. The number of hydrogen-bond acceptors (Lipinski definition) is 3. The molecule has 0 aliphatic carbocycles. The number of nitrogens with one attached hydrogen (secondary N) is 1. The van der Waals surface area contributed by atoms with Crippen LogP contribution in [0.1, 0.15) is 12.0 Å². The molecule has 1 rings (SSSR count). The summed E-state index contributed by atoms with van der Waals surface area (Å²) in [5.74, 6) is -0.656. The molecule has 1 amide bonds. The van der Waals surface area contributed by atoms with E-state index in [-0.39, 0.29) is 18.2 Å². The molecule has 0 spiro atoms. The summed E-state index contributed by atoms with van der Waals surface area (Å²) in [7, 11) is 0. The highest BCUT2D eigenvalue weighted by Crippen LogP contribution is 2.22. The van der Waals surface area contributed by atoms with Gasteiger partial charge >= 0.3 is 6.36 Å². The normalized spacial score (nSPS) is 12.6. The van der Waals surface area contributed by atoms with E-state index in [1.807, 2.05) is 0 Å². The Balaban J connectivity index is 2.50. The molecule has 0 bridgehead atoms. The van der Waals surface area contributed by atoms with Gasteiger partial charge in [0, 0.05) is 6.54 Å². The van der Waals surface area contributed by atoms with Crippen molar-refractivity contribution in [2.75, 3.05) is 0 Å². The number of ether oxygens (including phenoxy) is 1. The van der Waals surface area contributed by atoms with Crippen molar-refractivity contribution in [3.63, 3.8) is 0 Å². The van der Waals surface area contributed by atoms with Crippen molar-refractivity contribution < 1.29 is 22.7 Å². The van der Waals surface area contributed by atoms with Gasteiger partial charge in [0.2, 0.25) is 5.91 Å². The van der Waals surface area contributed by atoms with Gasteiger partial charge in [-0.3, -0.25) is 4.79 Å². The van der Waals surface area contributed by atoms with E-state index < -0.39 is 12.4 Å². The Kier molecular flexibility index (Phi) is 5.57. The van der Waals surface area contributed by atoms with E-state index in [0.717, 1.165) is 0 Å². The maximum Gasteiger partial charge on any atom is 0.573 e. The minimum absolute atomic E-state index is 0.177. The maximum atomic E-state index is 12.0. The molecule has 0 fully saturated rings. The molecular formula is C13H15F3N2O2.